The molecule has 1 saturated heterocycles. The van der Waals surface area contributed by atoms with Crippen LogP contribution in [0.4, 0.5) is 22.0 Å². The molecular formula is C21H21FN8O. The van der Waals surface area contributed by atoms with Gasteiger partial charge in [0.05, 0.1) is 35.0 Å². The summed E-state index contributed by atoms with van der Waals surface area (Å²) in [6.45, 7) is 6.18. The van der Waals surface area contributed by atoms with Crippen LogP contribution >= 0.6 is 0 Å². The smallest absolute Gasteiger partial charge is 0.223 e. The fourth-order valence-corrected chi connectivity index (χ4v) is 3.89. The van der Waals surface area contributed by atoms with Crippen molar-refractivity contribution in [3.63, 3.8) is 0 Å². The number of rotatable bonds is 5. The number of nitroso groups, excluding NO2 is 1. The number of fused-ring (bicyclic) bond motifs is 1. The highest BCUT2D eigenvalue weighted by Gasteiger charge is 2.30. The maximum atomic E-state index is 14.6. The molecule has 1 aliphatic heterocycles. The Bertz CT molecular complexity index is 1210. The molecule has 0 amide bonds. The largest absolute Gasteiger partial charge is 0.350 e. The van der Waals surface area contributed by atoms with Gasteiger partial charge in [-0.15, -0.1) is 4.91 Å². The third kappa shape index (κ3) is 3.82. The molecule has 3 aromatic rings. The summed E-state index contributed by atoms with van der Waals surface area (Å²) in [7, 11) is 1.86. The molecule has 0 saturated carbocycles. The second kappa shape index (κ2) is 8.10. The number of hydrogen-bond donors (Lipinski definition) is 1. The standard InChI is InChI=1S/C21H21FN8O/c1-4-16-13(8-23)9-24-20(26-16)25-15-6-14(22)10-30(11-15)21-27-18-7-17(28-31)12(2)5-19(18)29(21)3/h4-5,7,9,14-15H,1,6,10-11H2,2-3H3,(H,24,25,26)/t14-,15-/m1/s1. The highest BCUT2D eigenvalue weighted by molar-refractivity contribution is 5.83. The van der Waals surface area contributed by atoms with Gasteiger partial charge >= 0.3 is 0 Å². The van der Waals surface area contributed by atoms with Crippen molar-refractivity contribution in [1.82, 2.24) is 19.5 Å². The van der Waals surface area contributed by atoms with Crippen LogP contribution in [0.5, 0.6) is 0 Å². The number of nitriles is 1. The average molecular weight is 420 g/mol. The Morgan fingerprint density at radius 1 is 1.39 bits per heavy atom. The van der Waals surface area contributed by atoms with E-state index in [1.807, 2.05) is 35.6 Å². The quantitative estimate of drug-likeness (QED) is 0.628. The Balaban J connectivity index is 1.61. The molecule has 0 unspecified atom stereocenters. The van der Waals surface area contributed by atoms with Crippen molar-refractivity contribution in [3.8, 4) is 6.07 Å². The van der Waals surface area contributed by atoms with E-state index in [0.717, 1.165) is 11.1 Å². The van der Waals surface area contributed by atoms with Gasteiger partial charge in [0.15, 0.2) is 0 Å². The Morgan fingerprint density at radius 2 is 2.19 bits per heavy atom. The minimum atomic E-state index is -1.07. The summed E-state index contributed by atoms with van der Waals surface area (Å²) in [5, 5.41) is 15.3. The van der Waals surface area contributed by atoms with E-state index >= 15 is 0 Å². The summed E-state index contributed by atoms with van der Waals surface area (Å²) in [5.74, 6) is 0.925. The summed E-state index contributed by atoms with van der Waals surface area (Å²) >= 11 is 0. The van der Waals surface area contributed by atoms with E-state index in [1.165, 1.54) is 12.3 Å². The van der Waals surface area contributed by atoms with E-state index in [2.05, 4.69) is 32.0 Å². The highest BCUT2D eigenvalue weighted by Crippen LogP contribution is 2.30. The van der Waals surface area contributed by atoms with E-state index < -0.39 is 6.17 Å². The molecule has 0 spiro atoms. The topological polar surface area (TPSA) is 112 Å². The first-order chi connectivity index (χ1) is 14.9. The number of nitrogens with one attached hydrogen (secondary N) is 1. The number of piperidine rings is 1. The van der Waals surface area contributed by atoms with E-state index in [4.69, 9.17) is 5.26 Å². The number of aryl methyl sites for hydroxylation is 2. The van der Waals surface area contributed by atoms with E-state index in [1.54, 1.807) is 6.07 Å². The number of nitrogens with zero attached hydrogens (tertiary/aromatic N) is 7. The number of aromatic nitrogens is 4. The first-order valence-corrected chi connectivity index (χ1v) is 9.79. The molecule has 0 bridgehead atoms. The summed E-state index contributed by atoms with van der Waals surface area (Å²) < 4.78 is 16.5. The summed E-state index contributed by atoms with van der Waals surface area (Å²) in [5.41, 5.74) is 3.33. The molecule has 158 valence electrons. The van der Waals surface area contributed by atoms with Crippen LogP contribution in [0.2, 0.25) is 0 Å². The second-order valence-corrected chi connectivity index (χ2v) is 7.58. The Hall–Kier alpha value is -3.87. The van der Waals surface area contributed by atoms with Crippen molar-refractivity contribution in [2.45, 2.75) is 25.6 Å². The van der Waals surface area contributed by atoms with Gasteiger partial charge in [0.25, 0.3) is 0 Å². The molecule has 1 fully saturated rings. The Morgan fingerprint density at radius 3 is 2.90 bits per heavy atom. The van der Waals surface area contributed by atoms with Crippen LogP contribution in [-0.2, 0) is 7.05 Å². The lowest BCUT2D eigenvalue weighted by Crippen LogP contribution is -2.48. The lowest BCUT2D eigenvalue weighted by molar-refractivity contribution is 0.273. The lowest BCUT2D eigenvalue weighted by atomic mass is 10.0. The summed E-state index contributed by atoms with van der Waals surface area (Å²) in [6, 6.07) is 5.26. The monoisotopic (exact) mass is 420 g/mol. The number of alkyl halides is 1. The van der Waals surface area contributed by atoms with Gasteiger partial charge in [-0.25, -0.2) is 19.3 Å². The number of anilines is 2. The molecule has 2 atom stereocenters. The van der Waals surface area contributed by atoms with Gasteiger partial charge in [0.2, 0.25) is 11.9 Å². The van der Waals surface area contributed by atoms with Gasteiger partial charge < -0.3 is 14.8 Å². The number of benzene rings is 1. The molecule has 31 heavy (non-hydrogen) atoms. The van der Waals surface area contributed by atoms with E-state index in [0.29, 0.717) is 47.3 Å². The van der Waals surface area contributed by atoms with E-state index in [9.17, 15) is 9.30 Å². The SMILES string of the molecule is C=Cc1nc(N[C@@H]2C[C@@H](F)CN(c3nc4cc(N=O)c(C)cc4n3C)C2)ncc1C#N. The lowest BCUT2D eigenvalue weighted by Gasteiger charge is -2.35. The molecular weight excluding hydrogens is 399 g/mol. The molecule has 1 N–H and O–H groups in total. The predicted octanol–water partition coefficient (Wildman–Crippen LogP) is 3.61. The Labute approximate surface area is 178 Å². The van der Waals surface area contributed by atoms with Gasteiger partial charge in [-0.2, -0.15) is 5.26 Å². The number of halogens is 1. The zero-order chi connectivity index (χ0) is 22.1. The first-order valence-electron chi connectivity index (χ1n) is 9.79. The van der Waals surface area contributed by atoms with Crippen molar-refractivity contribution >= 4 is 34.7 Å². The van der Waals surface area contributed by atoms with Gasteiger partial charge in [-0.3, -0.25) is 0 Å². The molecule has 4 rings (SSSR count). The van der Waals surface area contributed by atoms with Crippen molar-refractivity contribution < 1.29 is 4.39 Å². The average Bonchev–Trinajstić information content (AvgIpc) is 3.08. The third-order valence-corrected chi connectivity index (χ3v) is 5.42. The maximum absolute atomic E-state index is 14.6. The summed E-state index contributed by atoms with van der Waals surface area (Å²) in [4.78, 5) is 26.0. The molecule has 1 aromatic carbocycles. The zero-order valence-electron chi connectivity index (χ0n) is 17.2. The van der Waals surface area contributed by atoms with Gasteiger partial charge in [0.1, 0.15) is 17.9 Å². The highest BCUT2D eigenvalue weighted by atomic mass is 19.1. The van der Waals surface area contributed by atoms with Crippen LogP contribution in [0.3, 0.4) is 0 Å². The van der Waals surface area contributed by atoms with Gasteiger partial charge in [0, 0.05) is 26.1 Å². The van der Waals surface area contributed by atoms with Crippen molar-refractivity contribution in [2.75, 3.05) is 23.3 Å². The van der Waals surface area contributed by atoms with E-state index in [-0.39, 0.29) is 12.6 Å². The van der Waals surface area contributed by atoms with Crippen molar-refractivity contribution in [1.29, 1.82) is 5.26 Å². The van der Waals surface area contributed by atoms with Gasteiger partial charge in [-0.1, -0.05) is 6.58 Å². The number of hydrogen-bond acceptors (Lipinski definition) is 8. The second-order valence-electron chi connectivity index (χ2n) is 7.58. The van der Waals surface area contributed by atoms with Gasteiger partial charge in [-0.05, 0) is 35.9 Å². The molecule has 3 heterocycles. The normalized spacial score (nSPS) is 18.6. The van der Waals surface area contributed by atoms with Crippen LogP contribution in [-0.4, -0.2) is 44.8 Å². The number of imidazole rings is 1. The van der Waals surface area contributed by atoms with Crippen LogP contribution < -0.4 is 10.2 Å². The summed E-state index contributed by atoms with van der Waals surface area (Å²) in [6.07, 6.45) is 2.13. The molecule has 0 radical (unpaired) electrons. The molecule has 1 aliphatic rings. The van der Waals surface area contributed by atoms with Crippen LogP contribution in [0.15, 0.2) is 30.1 Å². The Kier molecular flexibility index (Phi) is 5.33. The molecule has 10 heteroatoms. The predicted molar refractivity (Wildman–Crippen MR) is 117 cm³/mol. The fourth-order valence-electron chi connectivity index (χ4n) is 3.89. The maximum Gasteiger partial charge on any atom is 0.223 e. The molecule has 0 aliphatic carbocycles. The van der Waals surface area contributed by atoms with Crippen LogP contribution in [0.1, 0.15) is 23.2 Å². The molecule has 2 aromatic heterocycles. The van der Waals surface area contributed by atoms with Crippen molar-refractivity contribution in [3.05, 3.63) is 46.6 Å². The zero-order valence-corrected chi connectivity index (χ0v) is 17.2. The van der Waals surface area contributed by atoms with Crippen LogP contribution in [0, 0.1) is 23.2 Å². The third-order valence-electron chi connectivity index (χ3n) is 5.42. The minimum absolute atomic E-state index is 0.208. The fraction of sp³-hybridized carbons (Fsp3) is 0.333. The van der Waals surface area contributed by atoms with Crippen LogP contribution in [0.25, 0.3) is 17.1 Å². The molecule has 9 nitrogen and oxygen atoms in total. The first kappa shape index (κ1) is 20.4. The van der Waals surface area contributed by atoms with Crippen molar-refractivity contribution in [2.24, 2.45) is 12.2 Å². The minimum Gasteiger partial charge on any atom is -0.350 e.